The van der Waals surface area contributed by atoms with E-state index in [0.29, 0.717) is 24.4 Å². The van der Waals surface area contributed by atoms with E-state index in [4.69, 9.17) is 4.74 Å². The number of aromatic nitrogens is 1. The molecule has 1 heterocycles. The highest BCUT2D eigenvalue weighted by Gasteiger charge is 2.38. The first-order valence-electron chi connectivity index (χ1n) is 10.7. The Morgan fingerprint density at radius 2 is 1.60 bits per heavy atom. The van der Waals surface area contributed by atoms with Crippen molar-refractivity contribution >= 4 is 5.91 Å². The lowest BCUT2D eigenvalue weighted by Crippen LogP contribution is -2.34. The van der Waals surface area contributed by atoms with Crippen LogP contribution in [-0.2, 0) is 30.2 Å². The second-order valence-corrected chi connectivity index (χ2v) is 8.13. The van der Waals surface area contributed by atoms with Gasteiger partial charge in [-0.1, -0.05) is 29.8 Å². The van der Waals surface area contributed by atoms with E-state index >= 15 is 0 Å². The quantitative estimate of drug-likeness (QED) is 0.348. The molecular formula is C25H24F6N2O2. The predicted octanol–water partition coefficient (Wildman–Crippen LogP) is 6.17. The largest absolute Gasteiger partial charge is 0.416 e. The fourth-order valence-electron chi connectivity index (χ4n) is 3.66. The van der Waals surface area contributed by atoms with Gasteiger partial charge in [-0.15, -0.1) is 0 Å². The number of nitrogens with zero attached hydrogens (tertiary/aromatic N) is 2. The average Bonchev–Trinajstić information content (AvgIpc) is 3.21. The van der Waals surface area contributed by atoms with E-state index in [1.54, 1.807) is 18.3 Å². The van der Waals surface area contributed by atoms with Crippen LogP contribution in [0.5, 0.6) is 0 Å². The standard InChI is InChI=1S/C25H24F6N2O2/c1-17-5-3-6-18(11-17)15-32-8-4-7-22(32)16-33(9-10-35-2)23(34)19-12-20(24(26,27)28)14-21(13-19)25(29,30)31/h3-8,11-14H,9-10,15-16H2,1-2H3. The Labute approximate surface area is 198 Å². The number of rotatable bonds is 8. The van der Waals surface area contributed by atoms with Gasteiger partial charge < -0.3 is 14.2 Å². The second-order valence-electron chi connectivity index (χ2n) is 8.13. The Bertz CT molecular complexity index is 1130. The summed E-state index contributed by atoms with van der Waals surface area (Å²) in [5, 5.41) is 0. The number of hydrogen-bond acceptors (Lipinski definition) is 2. The molecule has 0 spiro atoms. The molecule has 35 heavy (non-hydrogen) atoms. The Morgan fingerprint density at radius 1 is 0.943 bits per heavy atom. The van der Waals surface area contributed by atoms with Crippen LogP contribution in [0.2, 0.25) is 0 Å². The molecule has 0 saturated heterocycles. The molecule has 3 rings (SSSR count). The van der Waals surface area contributed by atoms with E-state index in [0.717, 1.165) is 11.1 Å². The zero-order valence-corrected chi connectivity index (χ0v) is 19.1. The van der Waals surface area contributed by atoms with Crippen LogP contribution in [0.3, 0.4) is 0 Å². The van der Waals surface area contributed by atoms with Gasteiger partial charge in [0.15, 0.2) is 0 Å². The third-order valence-electron chi connectivity index (χ3n) is 5.40. The number of carbonyl (C=O) groups excluding carboxylic acids is 1. The molecule has 0 radical (unpaired) electrons. The monoisotopic (exact) mass is 498 g/mol. The summed E-state index contributed by atoms with van der Waals surface area (Å²) in [6, 6.07) is 12.2. The maximum atomic E-state index is 13.3. The SMILES string of the molecule is COCCN(Cc1cccn1Cc1cccc(C)c1)C(=O)c1cc(C(F)(F)F)cc(C(F)(F)F)c1. The lowest BCUT2D eigenvalue weighted by atomic mass is 10.0. The maximum absolute atomic E-state index is 13.3. The number of alkyl halides is 6. The fourth-order valence-corrected chi connectivity index (χ4v) is 3.66. The summed E-state index contributed by atoms with van der Waals surface area (Å²) in [5.74, 6) is -0.957. The van der Waals surface area contributed by atoms with Crippen molar-refractivity contribution in [3.63, 3.8) is 0 Å². The van der Waals surface area contributed by atoms with Crippen molar-refractivity contribution in [2.45, 2.75) is 32.4 Å². The number of ether oxygens (including phenoxy) is 1. The summed E-state index contributed by atoms with van der Waals surface area (Å²) < 4.78 is 86.6. The van der Waals surface area contributed by atoms with E-state index in [1.807, 2.05) is 35.8 Å². The van der Waals surface area contributed by atoms with Crippen LogP contribution in [0.4, 0.5) is 26.3 Å². The number of halogens is 6. The molecular weight excluding hydrogens is 474 g/mol. The Morgan fingerprint density at radius 3 is 2.17 bits per heavy atom. The molecule has 4 nitrogen and oxygen atoms in total. The van der Waals surface area contributed by atoms with Gasteiger partial charge in [0.25, 0.3) is 5.91 Å². The molecule has 0 bridgehead atoms. The number of amides is 1. The first kappa shape index (κ1) is 26.3. The van der Waals surface area contributed by atoms with E-state index in [2.05, 4.69) is 0 Å². The summed E-state index contributed by atoms with van der Waals surface area (Å²) in [6.07, 6.45) is -8.30. The molecule has 1 amide bonds. The molecule has 188 valence electrons. The first-order valence-corrected chi connectivity index (χ1v) is 10.7. The van der Waals surface area contributed by atoms with Gasteiger partial charge in [-0.25, -0.2) is 0 Å². The van der Waals surface area contributed by atoms with Crippen LogP contribution in [0.15, 0.2) is 60.8 Å². The van der Waals surface area contributed by atoms with Gasteiger partial charge in [-0.3, -0.25) is 4.79 Å². The van der Waals surface area contributed by atoms with Gasteiger partial charge in [-0.05, 0) is 42.8 Å². The van der Waals surface area contributed by atoms with Crippen LogP contribution < -0.4 is 0 Å². The maximum Gasteiger partial charge on any atom is 0.416 e. The molecule has 0 saturated carbocycles. The topological polar surface area (TPSA) is 34.5 Å². The third kappa shape index (κ3) is 6.88. The van der Waals surface area contributed by atoms with Crippen molar-refractivity contribution in [3.05, 3.63) is 94.3 Å². The second kappa shape index (κ2) is 10.6. The Hall–Kier alpha value is -3.27. The number of methoxy groups -OCH3 is 1. The predicted molar refractivity (Wildman–Crippen MR) is 118 cm³/mol. The van der Waals surface area contributed by atoms with Crippen LogP contribution in [0.25, 0.3) is 0 Å². The molecule has 0 N–H and O–H groups in total. The smallest absolute Gasteiger partial charge is 0.383 e. The van der Waals surface area contributed by atoms with Gasteiger partial charge in [0.1, 0.15) is 0 Å². The lowest BCUT2D eigenvalue weighted by Gasteiger charge is -2.24. The van der Waals surface area contributed by atoms with Crippen molar-refractivity contribution in [1.29, 1.82) is 0 Å². The summed E-state index contributed by atoms with van der Waals surface area (Å²) in [6.45, 7) is 2.43. The van der Waals surface area contributed by atoms with Gasteiger partial charge in [0.05, 0.1) is 24.3 Å². The van der Waals surface area contributed by atoms with E-state index in [1.165, 1.54) is 12.0 Å². The van der Waals surface area contributed by atoms with Crippen molar-refractivity contribution in [2.24, 2.45) is 0 Å². The Kier molecular flexibility index (Phi) is 7.94. The van der Waals surface area contributed by atoms with Crippen molar-refractivity contribution < 1.29 is 35.9 Å². The normalized spacial score (nSPS) is 12.1. The minimum absolute atomic E-state index is 0.00325. The van der Waals surface area contributed by atoms with Crippen LogP contribution in [-0.4, -0.2) is 35.6 Å². The minimum atomic E-state index is -5.05. The van der Waals surface area contributed by atoms with Gasteiger partial charge >= 0.3 is 12.4 Å². The number of aryl methyl sites for hydroxylation is 1. The van der Waals surface area contributed by atoms with Crippen molar-refractivity contribution in [2.75, 3.05) is 20.3 Å². The van der Waals surface area contributed by atoms with Crippen LogP contribution in [0, 0.1) is 6.92 Å². The summed E-state index contributed by atoms with van der Waals surface area (Å²) >= 11 is 0. The first-order chi connectivity index (χ1) is 16.4. The number of benzene rings is 2. The van der Waals surface area contributed by atoms with Gasteiger partial charge in [-0.2, -0.15) is 26.3 Å². The number of carbonyl (C=O) groups is 1. The molecule has 0 unspecified atom stereocenters. The zero-order valence-electron chi connectivity index (χ0n) is 19.1. The highest BCUT2D eigenvalue weighted by atomic mass is 19.4. The summed E-state index contributed by atoms with van der Waals surface area (Å²) in [7, 11) is 1.38. The van der Waals surface area contributed by atoms with Crippen LogP contribution >= 0.6 is 0 Å². The molecule has 10 heteroatoms. The average molecular weight is 498 g/mol. The van der Waals surface area contributed by atoms with Crippen molar-refractivity contribution in [3.8, 4) is 0 Å². The molecule has 0 atom stereocenters. The van der Waals surface area contributed by atoms with Crippen LogP contribution in [0.1, 0.15) is 38.3 Å². The highest BCUT2D eigenvalue weighted by Crippen LogP contribution is 2.36. The molecule has 1 aromatic heterocycles. The molecule has 0 aliphatic heterocycles. The van der Waals surface area contributed by atoms with E-state index in [-0.39, 0.29) is 25.8 Å². The molecule has 0 aliphatic carbocycles. The van der Waals surface area contributed by atoms with Gasteiger partial charge in [0, 0.05) is 37.7 Å². The third-order valence-corrected chi connectivity index (χ3v) is 5.40. The summed E-state index contributed by atoms with van der Waals surface area (Å²) in [4.78, 5) is 14.4. The van der Waals surface area contributed by atoms with Crippen molar-refractivity contribution in [1.82, 2.24) is 9.47 Å². The zero-order chi connectivity index (χ0) is 25.8. The fraction of sp³-hybridized carbons (Fsp3) is 0.320. The highest BCUT2D eigenvalue weighted by molar-refractivity contribution is 5.94. The van der Waals surface area contributed by atoms with Gasteiger partial charge in [0.2, 0.25) is 0 Å². The van der Waals surface area contributed by atoms with E-state index < -0.39 is 35.0 Å². The molecule has 0 aliphatic rings. The molecule has 0 fully saturated rings. The van der Waals surface area contributed by atoms with E-state index in [9.17, 15) is 31.1 Å². The molecule has 3 aromatic rings. The minimum Gasteiger partial charge on any atom is -0.383 e. The number of hydrogen-bond donors (Lipinski definition) is 0. The Balaban J connectivity index is 1.94. The summed E-state index contributed by atoms with van der Waals surface area (Å²) in [5.41, 5.74) is -1.03. The lowest BCUT2D eigenvalue weighted by molar-refractivity contribution is -0.143. The molecule has 2 aromatic carbocycles.